The van der Waals surface area contributed by atoms with Gasteiger partial charge in [0, 0.05) is 23.1 Å². The minimum Gasteiger partial charge on any atom is -0.355 e. The number of nitrogens with one attached hydrogen (secondary N) is 2. The normalized spacial score (nSPS) is 10.9. The van der Waals surface area contributed by atoms with E-state index in [1.807, 2.05) is 78.9 Å². The minimum absolute atomic E-state index is 0.0441. The SMILES string of the molecule is O=c1cc2sc3cc(Nc4ccccc4)ccc3nc-2cc1Nc1ccccc1. The molecule has 0 bridgehead atoms. The number of nitrogens with zero attached hydrogens (tertiary/aromatic N) is 1. The van der Waals surface area contributed by atoms with Crippen LogP contribution in [-0.4, -0.2) is 4.98 Å². The van der Waals surface area contributed by atoms with Crippen LogP contribution in [0.3, 0.4) is 0 Å². The Morgan fingerprint density at radius 3 is 2.10 bits per heavy atom. The van der Waals surface area contributed by atoms with E-state index in [9.17, 15) is 4.79 Å². The average molecular weight is 395 g/mol. The van der Waals surface area contributed by atoms with Crippen molar-refractivity contribution in [3.8, 4) is 10.6 Å². The first-order valence-corrected chi connectivity index (χ1v) is 10.1. The van der Waals surface area contributed by atoms with Crippen molar-refractivity contribution in [2.45, 2.75) is 0 Å². The lowest BCUT2D eigenvalue weighted by molar-refractivity contribution is 1.39. The van der Waals surface area contributed by atoms with Crippen LogP contribution in [0.5, 0.6) is 0 Å². The van der Waals surface area contributed by atoms with Gasteiger partial charge in [-0.15, -0.1) is 11.3 Å². The Kier molecular flexibility index (Phi) is 4.42. The van der Waals surface area contributed by atoms with Crippen molar-refractivity contribution in [3.05, 3.63) is 101 Å². The van der Waals surface area contributed by atoms with Gasteiger partial charge >= 0.3 is 0 Å². The van der Waals surface area contributed by atoms with Crippen LogP contribution in [0.4, 0.5) is 22.7 Å². The zero-order chi connectivity index (χ0) is 19.6. The van der Waals surface area contributed by atoms with Gasteiger partial charge in [0.2, 0.25) is 5.43 Å². The first kappa shape index (κ1) is 17.4. The molecular weight excluding hydrogens is 378 g/mol. The van der Waals surface area contributed by atoms with Gasteiger partial charge in [-0.2, -0.15) is 0 Å². The van der Waals surface area contributed by atoms with Crippen LogP contribution in [-0.2, 0) is 0 Å². The summed E-state index contributed by atoms with van der Waals surface area (Å²) in [5, 5.41) is 6.59. The highest BCUT2D eigenvalue weighted by atomic mass is 32.1. The third kappa shape index (κ3) is 3.68. The Bertz CT molecular complexity index is 1320. The fourth-order valence-electron chi connectivity index (χ4n) is 3.20. The molecule has 0 fully saturated rings. The molecule has 0 atom stereocenters. The molecule has 3 aromatic carbocycles. The summed E-state index contributed by atoms with van der Waals surface area (Å²) in [6.07, 6.45) is 0. The Hall–Kier alpha value is -3.70. The molecule has 0 saturated carbocycles. The maximum Gasteiger partial charge on any atom is 0.203 e. The molecule has 0 saturated heterocycles. The maximum atomic E-state index is 12.6. The van der Waals surface area contributed by atoms with Gasteiger partial charge in [0.1, 0.15) is 0 Å². The monoisotopic (exact) mass is 395 g/mol. The second kappa shape index (κ2) is 7.37. The Morgan fingerprint density at radius 2 is 1.38 bits per heavy atom. The first-order chi connectivity index (χ1) is 14.2. The predicted octanol–water partition coefficient (Wildman–Crippen LogP) is 6.25. The lowest BCUT2D eigenvalue weighted by Crippen LogP contribution is -2.08. The molecule has 5 rings (SSSR count). The number of para-hydroxylation sites is 2. The van der Waals surface area contributed by atoms with Gasteiger partial charge < -0.3 is 10.6 Å². The minimum atomic E-state index is -0.0441. The van der Waals surface area contributed by atoms with Crippen LogP contribution < -0.4 is 16.1 Å². The number of hydrogen-bond acceptors (Lipinski definition) is 5. The topological polar surface area (TPSA) is 54.0 Å². The van der Waals surface area contributed by atoms with Crippen LogP contribution in [0.15, 0.2) is 95.8 Å². The van der Waals surface area contributed by atoms with Crippen molar-refractivity contribution >= 4 is 44.3 Å². The van der Waals surface area contributed by atoms with Gasteiger partial charge in [-0.25, -0.2) is 4.98 Å². The van der Waals surface area contributed by atoms with Gasteiger partial charge in [0.25, 0.3) is 0 Å². The molecule has 0 radical (unpaired) electrons. The molecule has 1 aliphatic carbocycles. The van der Waals surface area contributed by atoms with Gasteiger partial charge in [-0.3, -0.25) is 4.79 Å². The highest BCUT2D eigenvalue weighted by Crippen LogP contribution is 2.33. The van der Waals surface area contributed by atoms with Crippen molar-refractivity contribution in [2.24, 2.45) is 0 Å². The highest BCUT2D eigenvalue weighted by Gasteiger charge is 2.12. The Labute approximate surface area is 171 Å². The van der Waals surface area contributed by atoms with Crippen LogP contribution >= 0.6 is 11.3 Å². The van der Waals surface area contributed by atoms with Crippen molar-refractivity contribution in [2.75, 3.05) is 10.6 Å². The van der Waals surface area contributed by atoms with Crippen LogP contribution in [0.25, 0.3) is 20.8 Å². The van der Waals surface area contributed by atoms with Gasteiger partial charge in [0.05, 0.1) is 26.5 Å². The van der Waals surface area contributed by atoms with E-state index in [-0.39, 0.29) is 5.43 Å². The summed E-state index contributed by atoms with van der Waals surface area (Å²) in [4.78, 5) is 18.2. The molecule has 0 unspecified atom stereocenters. The summed E-state index contributed by atoms with van der Waals surface area (Å²) in [5.41, 5.74) is 5.11. The van der Waals surface area contributed by atoms with Gasteiger partial charge in [0.15, 0.2) is 0 Å². The molecule has 3 aromatic rings. The molecule has 0 amide bonds. The zero-order valence-electron chi connectivity index (χ0n) is 15.4. The van der Waals surface area contributed by atoms with E-state index in [1.54, 1.807) is 17.4 Å². The molecule has 4 nitrogen and oxygen atoms in total. The number of benzene rings is 4. The second-order valence-corrected chi connectivity index (χ2v) is 7.78. The molecule has 0 aromatic heterocycles. The van der Waals surface area contributed by atoms with E-state index in [0.717, 1.165) is 37.8 Å². The van der Waals surface area contributed by atoms with Crippen LogP contribution in [0.1, 0.15) is 0 Å². The van der Waals surface area contributed by atoms with E-state index in [2.05, 4.69) is 16.7 Å². The van der Waals surface area contributed by atoms with Crippen molar-refractivity contribution < 1.29 is 0 Å². The zero-order valence-corrected chi connectivity index (χ0v) is 16.2. The molecule has 5 heteroatoms. The summed E-state index contributed by atoms with van der Waals surface area (Å²) in [5.74, 6) is 0. The molecular formula is C24H17N3OS. The maximum absolute atomic E-state index is 12.6. The van der Waals surface area contributed by atoms with E-state index in [0.29, 0.717) is 5.69 Å². The summed E-state index contributed by atoms with van der Waals surface area (Å²) in [6.45, 7) is 0. The summed E-state index contributed by atoms with van der Waals surface area (Å²) in [7, 11) is 0. The largest absolute Gasteiger partial charge is 0.355 e. The van der Waals surface area contributed by atoms with Crippen LogP contribution in [0, 0.1) is 0 Å². The number of rotatable bonds is 4. The molecule has 0 spiro atoms. The average Bonchev–Trinajstić information content (AvgIpc) is 2.75. The molecule has 2 N–H and O–H groups in total. The number of aromatic nitrogens is 1. The number of fused-ring (bicyclic) bond motifs is 2. The third-order valence-corrected chi connectivity index (χ3v) is 5.69. The number of hydrogen-bond donors (Lipinski definition) is 2. The summed E-state index contributed by atoms with van der Waals surface area (Å²) in [6, 6.07) is 29.3. The third-order valence-electron chi connectivity index (χ3n) is 4.60. The van der Waals surface area contributed by atoms with E-state index < -0.39 is 0 Å². The fraction of sp³-hybridized carbons (Fsp3) is 0. The quantitative estimate of drug-likeness (QED) is 0.353. The lowest BCUT2D eigenvalue weighted by atomic mass is 10.2. The van der Waals surface area contributed by atoms with Crippen molar-refractivity contribution in [3.63, 3.8) is 0 Å². The summed E-state index contributed by atoms with van der Waals surface area (Å²) < 4.78 is 1.03. The first-order valence-electron chi connectivity index (χ1n) is 9.27. The lowest BCUT2D eigenvalue weighted by Gasteiger charge is -2.11. The number of anilines is 4. The fourth-order valence-corrected chi connectivity index (χ4v) is 4.21. The summed E-state index contributed by atoms with van der Waals surface area (Å²) >= 11 is 1.57. The molecule has 2 aliphatic rings. The van der Waals surface area contributed by atoms with Gasteiger partial charge in [-0.05, 0) is 48.5 Å². The standard InChI is InChI=1S/C24H17N3OS/c28-22-15-24-21(14-20(22)26-17-9-5-2-6-10-17)27-19-12-11-18(13-23(19)29-24)25-16-7-3-1-4-8-16/h1-15,25-26H. The Balaban J connectivity index is 1.53. The smallest absolute Gasteiger partial charge is 0.203 e. The van der Waals surface area contributed by atoms with E-state index in [4.69, 9.17) is 4.98 Å². The van der Waals surface area contributed by atoms with Crippen molar-refractivity contribution in [1.82, 2.24) is 4.98 Å². The predicted molar refractivity (Wildman–Crippen MR) is 122 cm³/mol. The molecule has 29 heavy (non-hydrogen) atoms. The molecule has 1 heterocycles. The van der Waals surface area contributed by atoms with Crippen LogP contribution in [0.2, 0.25) is 0 Å². The highest BCUT2D eigenvalue weighted by molar-refractivity contribution is 7.21. The molecule has 1 aliphatic heterocycles. The molecule has 140 valence electrons. The second-order valence-electron chi connectivity index (χ2n) is 6.69. The van der Waals surface area contributed by atoms with Gasteiger partial charge in [-0.1, -0.05) is 36.4 Å². The van der Waals surface area contributed by atoms with E-state index in [1.165, 1.54) is 0 Å². The van der Waals surface area contributed by atoms with Crippen molar-refractivity contribution in [1.29, 1.82) is 0 Å². The van der Waals surface area contributed by atoms with E-state index >= 15 is 0 Å². The Morgan fingerprint density at radius 1 is 0.690 bits per heavy atom.